The van der Waals surface area contributed by atoms with Crippen molar-refractivity contribution in [2.75, 3.05) is 6.61 Å². The van der Waals surface area contributed by atoms with Crippen molar-refractivity contribution < 1.29 is 9.53 Å². The summed E-state index contributed by atoms with van der Waals surface area (Å²) in [5, 5.41) is 0. The Kier molecular flexibility index (Phi) is 4.73. The molecule has 1 aromatic rings. The number of carbonyl (C=O) groups is 1. The second-order valence-corrected chi connectivity index (χ2v) is 4.81. The van der Waals surface area contributed by atoms with Gasteiger partial charge in [0.05, 0.1) is 6.61 Å². The van der Waals surface area contributed by atoms with Crippen LogP contribution >= 0.6 is 0 Å². The predicted octanol–water partition coefficient (Wildman–Crippen LogP) is 3.64. The first kappa shape index (κ1) is 13.8. The first-order chi connectivity index (χ1) is 8.01. The number of hydrogen-bond donors (Lipinski definition) is 0. The predicted molar refractivity (Wildman–Crippen MR) is 70.7 cm³/mol. The Balaban J connectivity index is 3.18. The fourth-order valence-corrected chi connectivity index (χ4v) is 2.07. The van der Waals surface area contributed by atoms with Gasteiger partial charge in [-0.2, -0.15) is 0 Å². The molecule has 0 aromatic heterocycles. The molecule has 0 saturated heterocycles. The van der Waals surface area contributed by atoms with Crippen LogP contribution in [0.5, 0.6) is 5.75 Å². The molecule has 0 aliphatic carbocycles. The molecule has 2 heteroatoms. The third kappa shape index (κ3) is 3.09. The van der Waals surface area contributed by atoms with Crippen molar-refractivity contribution >= 4 is 6.29 Å². The van der Waals surface area contributed by atoms with Crippen LogP contribution in [-0.2, 0) is 4.79 Å². The minimum absolute atomic E-state index is 0.0237. The highest BCUT2D eigenvalue weighted by atomic mass is 16.5. The number of carbonyl (C=O) groups excluding carboxylic acids is 1. The van der Waals surface area contributed by atoms with Crippen molar-refractivity contribution in [3.8, 4) is 5.75 Å². The highest BCUT2D eigenvalue weighted by molar-refractivity contribution is 5.64. The minimum Gasteiger partial charge on any atom is -0.494 e. The Morgan fingerprint density at radius 3 is 2.35 bits per heavy atom. The van der Waals surface area contributed by atoms with Gasteiger partial charge in [-0.1, -0.05) is 19.9 Å². The van der Waals surface area contributed by atoms with E-state index in [2.05, 4.69) is 19.9 Å². The zero-order valence-electron chi connectivity index (χ0n) is 11.4. The van der Waals surface area contributed by atoms with Crippen molar-refractivity contribution in [1.82, 2.24) is 0 Å². The van der Waals surface area contributed by atoms with Crippen LogP contribution in [0.4, 0.5) is 0 Å². The Morgan fingerprint density at radius 2 is 1.88 bits per heavy atom. The molecule has 0 bridgehead atoms. The fourth-order valence-electron chi connectivity index (χ4n) is 2.07. The maximum Gasteiger partial charge on any atom is 0.127 e. The molecule has 1 atom stereocenters. The molecule has 0 aliphatic rings. The highest BCUT2D eigenvalue weighted by Crippen LogP contribution is 2.30. The summed E-state index contributed by atoms with van der Waals surface area (Å²) >= 11 is 0. The molecule has 0 saturated carbocycles. The lowest BCUT2D eigenvalue weighted by molar-refractivity contribution is -0.109. The van der Waals surface area contributed by atoms with Gasteiger partial charge in [0.2, 0.25) is 0 Å². The Labute approximate surface area is 104 Å². The van der Waals surface area contributed by atoms with Gasteiger partial charge in [-0.3, -0.25) is 0 Å². The van der Waals surface area contributed by atoms with Gasteiger partial charge in [-0.25, -0.2) is 0 Å². The molecule has 0 N–H and O–H groups in total. The summed E-state index contributed by atoms with van der Waals surface area (Å²) in [6, 6.07) is 4.12. The van der Waals surface area contributed by atoms with Crippen LogP contribution in [0.3, 0.4) is 0 Å². The summed E-state index contributed by atoms with van der Waals surface area (Å²) in [5.74, 6) is 1.22. The van der Waals surface area contributed by atoms with E-state index >= 15 is 0 Å². The molecule has 0 fully saturated rings. The average molecular weight is 234 g/mol. The van der Waals surface area contributed by atoms with E-state index in [9.17, 15) is 4.79 Å². The van der Waals surface area contributed by atoms with E-state index in [1.165, 1.54) is 0 Å². The highest BCUT2D eigenvalue weighted by Gasteiger charge is 2.18. The number of aryl methyl sites for hydroxylation is 2. The quantitative estimate of drug-likeness (QED) is 0.727. The molecule has 94 valence electrons. The van der Waals surface area contributed by atoms with E-state index in [0.717, 1.165) is 28.7 Å². The maximum atomic E-state index is 11.2. The van der Waals surface area contributed by atoms with Crippen molar-refractivity contribution in [3.05, 3.63) is 28.8 Å². The van der Waals surface area contributed by atoms with Crippen molar-refractivity contribution in [1.29, 1.82) is 0 Å². The Morgan fingerprint density at radius 1 is 1.24 bits per heavy atom. The maximum absolute atomic E-state index is 11.2. The number of rotatable bonds is 5. The first-order valence-electron chi connectivity index (χ1n) is 6.20. The normalized spacial score (nSPS) is 12.6. The molecular weight excluding hydrogens is 212 g/mol. The smallest absolute Gasteiger partial charge is 0.127 e. The van der Waals surface area contributed by atoms with Gasteiger partial charge in [-0.05, 0) is 49.4 Å². The minimum atomic E-state index is -0.0237. The molecule has 1 rings (SSSR count). The standard InChI is InChI=1S/C15H22O2/c1-6-17-15-8-11(4)13(7-12(15)5)14(9-16)10(2)3/h7-10,14H,6H2,1-5H3. The number of aldehydes is 1. The van der Waals surface area contributed by atoms with Gasteiger partial charge in [0.25, 0.3) is 0 Å². The third-order valence-corrected chi connectivity index (χ3v) is 3.09. The zero-order valence-corrected chi connectivity index (χ0v) is 11.4. The number of hydrogen-bond acceptors (Lipinski definition) is 2. The topological polar surface area (TPSA) is 26.3 Å². The lowest BCUT2D eigenvalue weighted by atomic mass is 9.86. The number of ether oxygens (including phenoxy) is 1. The second kappa shape index (κ2) is 5.85. The van der Waals surface area contributed by atoms with Crippen LogP contribution in [-0.4, -0.2) is 12.9 Å². The lowest BCUT2D eigenvalue weighted by Crippen LogP contribution is -2.10. The van der Waals surface area contributed by atoms with Gasteiger partial charge in [0, 0.05) is 5.92 Å². The molecule has 1 unspecified atom stereocenters. The van der Waals surface area contributed by atoms with Crippen LogP contribution in [0.1, 0.15) is 43.4 Å². The molecule has 17 heavy (non-hydrogen) atoms. The van der Waals surface area contributed by atoms with E-state index in [4.69, 9.17) is 4.74 Å². The van der Waals surface area contributed by atoms with Crippen LogP contribution in [0.25, 0.3) is 0 Å². The largest absolute Gasteiger partial charge is 0.494 e. The Hall–Kier alpha value is -1.31. The zero-order chi connectivity index (χ0) is 13.0. The van der Waals surface area contributed by atoms with Crippen LogP contribution in [0.2, 0.25) is 0 Å². The monoisotopic (exact) mass is 234 g/mol. The third-order valence-electron chi connectivity index (χ3n) is 3.09. The van der Waals surface area contributed by atoms with Crippen LogP contribution in [0.15, 0.2) is 12.1 Å². The van der Waals surface area contributed by atoms with E-state index in [1.54, 1.807) is 0 Å². The molecule has 2 nitrogen and oxygen atoms in total. The lowest BCUT2D eigenvalue weighted by Gasteiger charge is -2.19. The van der Waals surface area contributed by atoms with E-state index in [1.807, 2.05) is 26.8 Å². The summed E-state index contributed by atoms with van der Waals surface area (Å²) < 4.78 is 5.56. The van der Waals surface area contributed by atoms with E-state index in [0.29, 0.717) is 12.5 Å². The summed E-state index contributed by atoms with van der Waals surface area (Å²) in [6.45, 7) is 10.9. The fraction of sp³-hybridized carbons (Fsp3) is 0.533. The molecule has 0 aliphatic heterocycles. The summed E-state index contributed by atoms with van der Waals surface area (Å²) in [7, 11) is 0. The Bertz CT molecular complexity index is 394. The van der Waals surface area contributed by atoms with Crippen molar-refractivity contribution in [2.24, 2.45) is 5.92 Å². The summed E-state index contributed by atoms with van der Waals surface area (Å²) in [4.78, 5) is 11.2. The van der Waals surface area contributed by atoms with Gasteiger partial charge in [0.1, 0.15) is 12.0 Å². The molecule has 0 heterocycles. The molecule has 0 radical (unpaired) electrons. The van der Waals surface area contributed by atoms with E-state index < -0.39 is 0 Å². The molecule has 0 amide bonds. The van der Waals surface area contributed by atoms with Crippen molar-refractivity contribution in [2.45, 2.75) is 40.5 Å². The van der Waals surface area contributed by atoms with E-state index in [-0.39, 0.29) is 5.92 Å². The van der Waals surface area contributed by atoms with Gasteiger partial charge >= 0.3 is 0 Å². The molecule has 0 spiro atoms. The summed E-state index contributed by atoms with van der Waals surface area (Å²) in [6.07, 6.45) is 1.05. The van der Waals surface area contributed by atoms with Gasteiger partial charge in [0.15, 0.2) is 0 Å². The molecular formula is C15H22O2. The summed E-state index contributed by atoms with van der Waals surface area (Å²) in [5.41, 5.74) is 3.35. The van der Waals surface area contributed by atoms with Crippen LogP contribution < -0.4 is 4.74 Å². The van der Waals surface area contributed by atoms with Crippen LogP contribution in [0, 0.1) is 19.8 Å². The SMILES string of the molecule is CCOc1cc(C)c(C(C=O)C(C)C)cc1C. The number of benzene rings is 1. The van der Waals surface area contributed by atoms with Crippen molar-refractivity contribution in [3.63, 3.8) is 0 Å². The average Bonchev–Trinajstić information content (AvgIpc) is 2.25. The van der Waals surface area contributed by atoms with Gasteiger partial charge in [-0.15, -0.1) is 0 Å². The molecule has 1 aromatic carbocycles. The first-order valence-corrected chi connectivity index (χ1v) is 6.20. The second-order valence-electron chi connectivity index (χ2n) is 4.81. The van der Waals surface area contributed by atoms with Gasteiger partial charge < -0.3 is 9.53 Å².